The second-order valence-electron chi connectivity index (χ2n) is 19.8. The van der Waals surface area contributed by atoms with Crippen molar-refractivity contribution in [1.29, 1.82) is 0 Å². The van der Waals surface area contributed by atoms with Gasteiger partial charge in [0.05, 0.1) is 54.1 Å². The number of esters is 1. The average Bonchev–Trinajstić information content (AvgIpc) is 3.86. The van der Waals surface area contributed by atoms with Gasteiger partial charge in [-0.3, -0.25) is 29.2 Å². The van der Waals surface area contributed by atoms with Gasteiger partial charge in [-0.2, -0.15) is 0 Å². The van der Waals surface area contributed by atoms with Crippen molar-refractivity contribution in [3.8, 4) is 29.6 Å². The lowest BCUT2D eigenvalue weighted by atomic mass is 9.78. The molecule has 18 nitrogen and oxygen atoms in total. The Labute approximate surface area is 408 Å². The number of benzene rings is 2. The van der Waals surface area contributed by atoms with Crippen LogP contribution in [0.4, 0.5) is 5.69 Å². The first-order valence-corrected chi connectivity index (χ1v) is 24.1. The van der Waals surface area contributed by atoms with E-state index in [0.717, 1.165) is 12.8 Å². The summed E-state index contributed by atoms with van der Waals surface area (Å²) in [4.78, 5) is 69.8. The Kier molecular flexibility index (Phi) is 15.5. The van der Waals surface area contributed by atoms with Gasteiger partial charge in [-0.1, -0.05) is 59.8 Å². The Balaban J connectivity index is 1.35. The normalized spacial score (nSPS) is 31.1. The van der Waals surface area contributed by atoms with Crippen molar-refractivity contribution in [2.45, 2.75) is 111 Å². The van der Waals surface area contributed by atoms with Gasteiger partial charge >= 0.3 is 11.8 Å². The maximum absolute atomic E-state index is 15.0. The van der Waals surface area contributed by atoms with Crippen LogP contribution in [0, 0.1) is 48.9 Å². The number of amides is 2. The van der Waals surface area contributed by atoms with Gasteiger partial charge in [-0.25, -0.2) is 0 Å². The van der Waals surface area contributed by atoms with Crippen molar-refractivity contribution in [3.63, 3.8) is 0 Å². The van der Waals surface area contributed by atoms with Crippen LogP contribution in [0.1, 0.15) is 83.7 Å². The Morgan fingerprint density at radius 2 is 1.61 bits per heavy atom. The van der Waals surface area contributed by atoms with E-state index in [9.17, 15) is 39.6 Å². The van der Waals surface area contributed by atoms with Crippen molar-refractivity contribution >= 4 is 40.0 Å². The van der Waals surface area contributed by atoms with Crippen LogP contribution >= 0.6 is 0 Å². The van der Waals surface area contributed by atoms with Gasteiger partial charge < -0.3 is 59.2 Å². The molecule has 6 aliphatic rings. The molecule has 0 radical (unpaired) electrons. The number of piperidine rings is 1. The molecule has 6 heterocycles. The zero-order chi connectivity index (χ0) is 51.0. The molecule has 378 valence electrons. The number of ketones is 1. The maximum Gasteiger partial charge on any atom is 0.383 e. The number of phenols is 2. The summed E-state index contributed by atoms with van der Waals surface area (Å²) in [6.07, 6.45) is 9.45. The molecule has 0 saturated carbocycles. The number of aromatic hydroxyl groups is 2. The van der Waals surface area contributed by atoms with Crippen LogP contribution in [0.2, 0.25) is 0 Å². The van der Waals surface area contributed by atoms with E-state index in [0.29, 0.717) is 58.2 Å². The maximum atomic E-state index is 15.0. The number of rotatable bonds is 6. The Bertz CT molecular complexity index is 2660. The number of nitrogens with zero attached hydrogens (tertiary/aromatic N) is 4. The minimum absolute atomic E-state index is 0.0164. The molecule has 9 atom stereocenters. The number of aliphatic hydroxyl groups excluding tert-OH is 2. The second kappa shape index (κ2) is 20.9. The lowest BCUT2D eigenvalue weighted by Gasteiger charge is -2.38. The number of nitrogens with one attached hydrogen (secondary N) is 1. The summed E-state index contributed by atoms with van der Waals surface area (Å²) >= 11 is 0. The molecule has 5 bridgehead atoms. The SMILES string of the molecule is C#C[C@@]12O/C=C/[C@H](OC)[C@@H](C)[C@@H](OC(=O)CC(=O)N3CCOCC3)[C@H](C)[C@H](O)[C@H](C)[C@@H](O)[C@@H](C)/C=C/C=C(/C)C(=O)Nc3c(O)c4c(O)c(C)c(c(c4c4c3=NC3(CCN(CC(C)C)CC3)N=4)C1=O)O2. The fourth-order valence-corrected chi connectivity index (χ4v) is 10.2. The van der Waals surface area contributed by atoms with E-state index in [2.05, 4.69) is 30.0 Å². The number of phenolic OH excluding ortho intramolecular Hbond substituents is 2. The Hall–Kier alpha value is -5.84. The van der Waals surface area contributed by atoms with Gasteiger partial charge in [-0.15, -0.1) is 6.42 Å². The van der Waals surface area contributed by atoms with E-state index in [-0.39, 0.29) is 49.6 Å². The van der Waals surface area contributed by atoms with Gasteiger partial charge in [0.1, 0.15) is 35.1 Å². The highest BCUT2D eigenvalue weighted by atomic mass is 16.7. The number of hydrogen-bond acceptors (Lipinski definition) is 16. The first-order valence-electron chi connectivity index (χ1n) is 24.1. The molecular formula is C52H67N5O13. The van der Waals surface area contributed by atoms with Crippen molar-refractivity contribution in [2.75, 3.05) is 58.4 Å². The molecule has 6 aliphatic heterocycles. The number of fused-ring (bicyclic) bond motifs is 13. The number of anilines is 1. The molecule has 1 spiro atoms. The largest absolute Gasteiger partial charge is 0.507 e. The number of hydrogen-bond donors (Lipinski definition) is 5. The van der Waals surface area contributed by atoms with Crippen molar-refractivity contribution in [1.82, 2.24) is 9.80 Å². The summed E-state index contributed by atoms with van der Waals surface area (Å²) < 4.78 is 29.6. The van der Waals surface area contributed by atoms with Gasteiger partial charge in [-0.05, 0) is 31.8 Å². The number of Topliss-reactive ketones (excluding diaryl/α,β-unsaturated/α-hetero) is 1. The third-order valence-corrected chi connectivity index (χ3v) is 14.5. The number of allylic oxidation sites excluding steroid dienone is 2. The third kappa shape index (κ3) is 9.91. The number of carbonyl (C=O) groups excluding carboxylic acids is 4. The molecule has 2 amide bonds. The van der Waals surface area contributed by atoms with Crippen LogP contribution in [-0.4, -0.2) is 143 Å². The second-order valence-corrected chi connectivity index (χ2v) is 19.8. The van der Waals surface area contributed by atoms with Crippen molar-refractivity contribution in [3.05, 3.63) is 58.0 Å². The molecule has 2 fully saturated rings. The summed E-state index contributed by atoms with van der Waals surface area (Å²) in [5, 5.41) is 50.5. The van der Waals surface area contributed by atoms with Crippen LogP contribution < -0.4 is 20.8 Å². The highest BCUT2D eigenvalue weighted by molar-refractivity contribution is 6.20. The quantitative estimate of drug-likeness (QED) is 0.120. The van der Waals surface area contributed by atoms with Gasteiger partial charge in [0.2, 0.25) is 5.91 Å². The fourth-order valence-electron chi connectivity index (χ4n) is 10.2. The first-order chi connectivity index (χ1) is 33.2. The fraction of sp³-hybridized carbons (Fsp3) is 0.577. The molecule has 2 aromatic carbocycles. The Morgan fingerprint density at radius 3 is 2.26 bits per heavy atom. The minimum Gasteiger partial charge on any atom is -0.507 e. The lowest BCUT2D eigenvalue weighted by molar-refractivity contribution is -0.166. The molecule has 0 unspecified atom stereocenters. The van der Waals surface area contributed by atoms with Crippen LogP contribution in [0.5, 0.6) is 17.2 Å². The summed E-state index contributed by atoms with van der Waals surface area (Å²) in [7, 11) is 1.40. The van der Waals surface area contributed by atoms with E-state index in [4.69, 9.17) is 40.1 Å². The molecule has 2 saturated heterocycles. The number of likely N-dealkylation sites (tertiary alicyclic amines) is 1. The first kappa shape index (κ1) is 52.0. The number of aliphatic hydroxyl groups is 2. The number of morpholine rings is 1. The van der Waals surface area contributed by atoms with E-state index < -0.39 is 101 Å². The molecule has 5 N–H and O–H groups in total. The van der Waals surface area contributed by atoms with E-state index in [1.165, 1.54) is 31.1 Å². The van der Waals surface area contributed by atoms with Gasteiger partial charge in [0.25, 0.3) is 11.7 Å². The minimum atomic E-state index is -2.45. The molecule has 70 heavy (non-hydrogen) atoms. The van der Waals surface area contributed by atoms with Crippen molar-refractivity contribution < 1.29 is 63.3 Å². The third-order valence-electron chi connectivity index (χ3n) is 14.5. The van der Waals surface area contributed by atoms with E-state index in [1.54, 1.807) is 46.8 Å². The van der Waals surface area contributed by atoms with Gasteiger partial charge in [0, 0.05) is 92.9 Å². The highest BCUT2D eigenvalue weighted by Gasteiger charge is 2.53. The van der Waals surface area contributed by atoms with Gasteiger partial charge in [0.15, 0.2) is 11.4 Å². The molecule has 2 aromatic rings. The predicted molar refractivity (Wildman–Crippen MR) is 257 cm³/mol. The number of methoxy groups -OCH3 is 1. The van der Waals surface area contributed by atoms with Crippen LogP contribution in [0.15, 0.2) is 46.1 Å². The number of ether oxygens (including phenoxy) is 5. The zero-order valence-corrected chi connectivity index (χ0v) is 41.5. The Morgan fingerprint density at radius 1 is 0.943 bits per heavy atom. The summed E-state index contributed by atoms with van der Waals surface area (Å²) in [6, 6.07) is 0. The molecule has 0 aromatic heterocycles. The highest BCUT2D eigenvalue weighted by Crippen LogP contribution is 2.50. The average molecular weight is 970 g/mol. The van der Waals surface area contributed by atoms with Crippen molar-refractivity contribution in [2.24, 2.45) is 39.6 Å². The molecular weight excluding hydrogens is 903 g/mol. The van der Waals surface area contributed by atoms with E-state index in [1.807, 2.05) is 0 Å². The molecule has 8 rings (SSSR count). The van der Waals surface area contributed by atoms with E-state index >= 15 is 0 Å². The smallest absolute Gasteiger partial charge is 0.383 e. The summed E-state index contributed by atoms with van der Waals surface area (Å²) in [6.45, 7) is 17.6. The van der Waals surface area contributed by atoms with Crippen LogP contribution in [-0.2, 0) is 33.3 Å². The standard InChI is InChI=1S/C52H67N5O13/c1-11-52-49(64)39-37-38(45(62)33(9)48(39)70-52)46(63)42(41-40(37)54-51(55-41)16-18-56(19-17-51)26-27(2)3)53-50(65)29(5)14-12-13-28(4)43(60)31(7)44(61)32(8)47(30(6)34(66-10)15-22-68-52)69-36(59)25-35(58)57-20-23-67-24-21-57/h1,12-15,22,27-28,30-32,34,43-44,47,60-63H,16-21,23-26H2,2-10H3,(H,53,65)/b13-12+,22-15+,29-14-/t28-,30+,31+,32+,34-,43-,44+,47+,52-/m0/s1. The monoisotopic (exact) mass is 969 g/mol. The number of carbonyl (C=O) groups is 4. The van der Waals surface area contributed by atoms with Crippen LogP contribution in [0.3, 0.4) is 0 Å². The summed E-state index contributed by atoms with van der Waals surface area (Å²) in [5.74, 6) is -6.48. The predicted octanol–water partition coefficient (Wildman–Crippen LogP) is 3.59. The molecule has 0 aliphatic carbocycles. The van der Waals surface area contributed by atoms with Crippen LogP contribution in [0.25, 0.3) is 10.8 Å². The number of terminal acetylenes is 1. The zero-order valence-electron chi connectivity index (χ0n) is 41.5. The topological polar surface area (TPSA) is 239 Å². The lowest BCUT2D eigenvalue weighted by Crippen LogP contribution is -2.47. The summed E-state index contributed by atoms with van der Waals surface area (Å²) in [5.41, 5.74) is -1.01. The molecule has 18 heteroatoms.